The Hall–Kier alpha value is -3.85. The number of piperazine rings is 1. The Bertz CT molecular complexity index is 1150. The van der Waals surface area contributed by atoms with Gasteiger partial charge in [-0.3, -0.25) is 9.69 Å². The van der Waals surface area contributed by atoms with Crippen LogP contribution in [0.15, 0.2) is 59.8 Å². The summed E-state index contributed by atoms with van der Waals surface area (Å²) in [5, 5.41) is 5.71. The Kier molecular flexibility index (Phi) is 7.90. The highest BCUT2D eigenvalue weighted by atomic mass is 16.5. The van der Waals surface area contributed by atoms with E-state index in [1.807, 2.05) is 55.5 Å². The van der Waals surface area contributed by atoms with E-state index in [-0.39, 0.29) is 11.8 Å². The van der Waals surface area contributed by atoms with Gasteiger partial charge in [-0.05, 0) is 44.2 Å². The van der Waals surface area contributed by atoms with Gasteiger partial charge < -0.3 is 25.0 Å². The fourth-order valence-electron chi connectivity index (χ4n) is 4.63. The number of anilines is 1. The maximum Gasteiger partial charge on any atom is 0.338 e. The van der Waals surface area contributed by atoms with Gasteiger partial charge >= 0.3 is 12.0 Å². The molecule has 4 rings (SSSR count). The van der Waals surface area contributed by atoms with Crippen LogP contribution < -0.4 is 20.3 Å². The number of carbonyl (C=O) groups is 3. The van der Waals surface area contributed by atoms with Gasteiger partial charge in [-0.25, -0.2) is 9.59 Å². The molecule has 1 fully saturated rings. The average Bonchev–Trinajstić information content (AvgIpc) is 2.89. The third-order valence-corrected chi connectivity index (χ3v) is 6.48. The molecule has 9 heteroatoms. The molecule has 2 heterocycles. The number of carbonyl (C=O) groups excluding carboxylic acids is 3. The largest absolute Gasteiger partial charge is 0.494 e. The molecule has 2 aliphatic rings. The Morgan fingerprint density at radius 3 is 2.36 bits per heavy atom. The molecule has 1 saturated heterocycles. The number of methoxy groups -OCH3 is 1. The zero-order valence-electron chi connectivity index (χ0n) is 20.9. The van der Waals surface area contributed by atoms with Gasteiger partial charge in [-0.15, -0.1) is 0 Å². The first-order valence-electron chi connectivity index (χ1n) is 12.1. The van der Waals surface area contributed by atoms with Crippen molar-refractivity contribution in [2.45, 2.75) is 19.9 Å². The van der Waals surface area contributed by atoms with E-state index < -0.39 is 12.0 Å². The van der Waals surface area contributed by atoms with Gasteiger partial charge in [0.2, 0.25) is 0 Å². The lowest BCUT2D eigenvalue weighted by atomic mass is 9.94. The lowest BCUT2D eigenvalue weighted by molar-refractivity contribution is -0.136. The number of rotatable bonds is 8. The highest BCUT2D eigenvalue weighted by Crippen LogP contribution is 2.34. The minimum absolute atomic E-state index is 0.0484. The van der Waals surface area contributed by atoms with Gasteiger partial charge in [0.05, 0.1) is 25.3 Å². The molecule has 1 atom stereocenters. The number of esters is 1. The van der Waals surface area contributed by atoms with E-state index in [0.717, 1.165) is 31.9 Å². The standard InChI is InChI=1S/C27H32N4O5/c1-4-36-23-8-6-5-7-21(23)25-24(26(33)35-3)22(28-27(34)29-25)17-30-13-15-31(16-14-30)20-11-9-19(10-12-20)18(2)32/h5-12,25H,4,13-17H2,1-3H3,(H2,28,29,34). The Morgan fingerprint density at radius 1 is 1.03 bits per heavy atom. The minimum atomic E-state index is -0.690. The van der Waals surface area contributed by atoms with Gasteiger partial charge in [-0.2, -0.15) is 0 Å². The van der Waals surface area contributed by atoms with Gasteiger partial charge in [-0.1, -0.05) is 18.2 Å². The Labute approximate surface area is 211 Å². The summed E-state index contributed by atoms with van der Waals surface area (Å²) in [4.78, 5) is 41.6. The van der Waals surface area contributed by atoms with E-state index in [4.69, 9.17) is 9.47 Å². The molecule has 0 spiro atoms. The second-order valence-corrected chi connectivity index (χ2v) is 8.75. The molecule has 2 N–H and O–H groups in total. The van der Waals surface area contributed by atoms with Crippen molar-refractivity contribution in [3.8, 4) is 5.75 Å². The van der Waals surface area contributed by atoms with Gasteiger partial charge in [0.25, 0.3) is 0 Å². The predicted molar refractivity (Wildman–Crippen MR) is 136 cm³/mol. The molecule has 0 bridgehead atoms. The van der Waals surface area contributed by atoms with Gasteiger partial charge in [0, 0.05) is 55.2 Å². The number of Topliss-reactive ketones (excluding diaryl/α,β-unsaturated/α-hetero) is 1. The van der Waals surface area contributed by atoms with E-state index in [2.05, 4.69) is 20.4 Å². The van der Waals surface area contributed by atoms with Crippen LogP contribution in [0.5, 0.6) is 5.75 Å². The molecule has 0 radical (unpaired) electrons. The Balaban J connectivity index is 1.54. The highest BCUT2D eigenvalue weighted by Gasteiger charge is 2.35. The lowest BCUT2D eigenvalue weighted by Gasteiger charge is -2.38. The normalized spacial score (nSPS) is 18.4. The summed E-state index contributed by atoms with van der Waals surface area (Å²) >= 11 is 0. The molecule has 0 aliphatic carbocycles. The molecule has 0 aromatic heterocycles. The fraction of sp³-hybridized carbons (Fsp3) is 0.370. The minimum Gasteiger partial charge on any atom is -0.494 e. The number of urea groups is 1. The van der Waals surface area contributed by atoms with Crippen LogP contribution in [-0.4, -0.2) is 69.1 Å². The molecule has 2 amide bonds. The molecule has 190 valence electrons. The van der Waals surface area contributed by atoms with E-state index in [0.29, 0.717) is 41.3 Å². The summed E-state index contributed by atoms with van der Waals surface area (Å²) in [7, 11) is 1.34. The van der Waals surface area contributed by atoms with Crippen molar-refractivity contribution in [3.05, 3.63) is 70.9 Å². The smallest absolute Gasteiger partial charge is 0.338 e. The third-order valence-electron chi connectivity index (χ3n) is 6.48. The molecule has 9 nitrogen and oxygen atoms in total. The molecule has 2 aromatic rings. The number of nitrogens with one attached hydrogen (secondary N) is 2. The van der Waals surface area contributed by atoms with Crippen molar-refractivity contribution in [2.24, 2.45) is 0 Å². The van der Waals surface area contributed by atoms with Crippen LogP contribution in [0.2, 0.25) is 0 Å². The van der Waals surface area contributed by atoms with E-state index in [1.165, 1.54) is 7.11 Å². The van der Waals surface area contributed by atoms with Gasteiger partial charge in [0.1, 0.15) is 5.75 Å². The van der Waals surface area contributed by atoms with E-state index >= 15 is 0 Å². The zero-order valence-corrected chi connectivity index (χ0v) is 20.9. The summed E-state index contributed by atoms with van der Waals surface area (Å²) in [6.07, 6.45) is 0. The molecule has 36 heavy (non-hydrogen) atoms. The molecule has 0 saturated carbocycles. The third kappa shape index (κ3) is 5.52. The highest BCUT2D eigenvalue weighted by molar-refractivity contribution is 5.95. The van der Waals surface area contributed by atoms with Gasteiger partial charge in [0.15, 0.2) is 5.78 Å². The maximum absolute atomic E-state index is 12.9. The molecular weight excluding hydrogens is 460 g/mol. The van der Waals surface area contributed by atoms with Crippen molar-refractivity contribution in [3.63, 3.8) is 0 Å². The second kappa shape index (κ2) is 11.3. The van der Waals surface area contributed by atoms with Crippen LogP contribution in [0.25, 0.3) is 0 Å². The van der Waals surface area contributed by atoms with Crippen LogP contribution in [0.1, 0.15) is 35.8 Å². The first kappa shape index (κ1) is 25.2. The van der Waals surface area contributed by atoms with Crippen molar-refractivity contribution in [1.29, 1.82) is 0 Å². The van der Waals surface area contributed by atoms with Crippen molar-refractivity contribution < 1.29 is 23.9 Å². The molecular formula is C27H32N4O5. The lowest BCUT2D eigenvalue weighted by Crippen LogP contribution is -2.51. The quantitative estimate of drug-likeness (QED) is 0.432. The number of hydrogen-bond donors (Lipinski definition) is 2. The van der Waals surface area contributed by atoms with Crippen molar-refractivity contribution in [1.82, 2.24) is 15.5 Å². The van der Waals surface area contributed by atoms with Crippen LogP contribution >= 0.6 is 0 Å². The van der Waals surface area contributed by atoms with Crippen LogP contribution in [0.3, 0.4) is 0 Å². The summed E-state index contributed by atoms with van der Waals surface area (Å²) in [5.41, 5.74) is 3.36. The molecule has 1 unspecified atom stereocenters. The SMILES string of the molecule is CCOc1ccccc1C1NC(=O)NC(CN2CCN(c3ccc(C(C)=O)cc3)CC2)=C1C(=O)OC. The van der Waals surface area contributed by atoms with E-state index in [1.54, 1.807) is 6.92 Å². The fourth-order valence-corrected chi connectivity index (χ4v) is 4.63. The maximum atomic E-state index is 12.9. The summed E-state index contributed by atoms with van der Waals surface area (Å²) in [5.74, 6) is 0.155. The van der Waals surface area contributed by atoms with Crippen LogP contribution in [-0.2, 0) is 9.53 Å². The topological polar surface area (TPSA) is 100 Å². The summed E-state index contributed by atoms with van der Waals surface area (Å²) in [6, 6.07) is 13.9. The number of para-hydroxylation sites is 1. The Morgan fingerprint density at radius 2 is 1.72 bits per heavy atom. The number of benzene rings is 2. The average molecular weight is 493 g/mol. The second-order valence-electron chi connectivity index (χ2n) is 8.75. The van der Waals surface area contributed by atoms with Crippen LogP contribution in [0, 0.1) is 0 Å². The summed E-state index contributed by atoms with van der Waals surface area (Å²) < 4.78 is 10.9. The first-order valence-corrected chi connectivity index (χ1v) is 12.1. The van der Waals surface area contributed by atoms with Crippen molar-refractivity contribution in [2.75, 3.05) is 51.3 Å². The molecule has 2 aliphatic heterocycles. The van der Waals surface area contributed by atoms with Crippen LogP contribution in [0.4, 0.5) is 10.5 Å². The number of hydrogen-bond acceptors (Lipinski definition) is 7. The number of amides is 2. The first-order chi connectivity index (χ1) is 17.4. The van der Waals surface area contributed by atoms with E-state index in [9.17, 15) is 14.4 Å². The summed E-state index contributed by atoms with van der Waals surface area (Å²) in [6.45, 7) is 7.37. The van der Waals surface area contributed by atoms with Crippen molar-refractivity contribution >= 4 is 23.5 Å². The molecule has 2 aromatic carbocycles. The zero-order chi connectivity index (χ0) is 25.7. The number of ether oxygens (including phenoxy) is 2. The number of ketones is 1. The monoisotopic (exact) mass is 492 g/mol. The predicted octanol–water partition coefficient (Wildman–Crippen LogP) is 2.89. The number of nitrogens with zero attached hydrogens (tertiary/aromatic N) is 2.